The van der Waals surface area contributed by atoms with Crippen LogP contribution < -0.4 is 5.69 Å². The summed E-state index contributed by atoms with van der Waals surface area (Å²) < 4.78 is 7.80. The maximum Gasteiger partial charge on any atom is 0.350 e. The van der Waals surface area contributed by atoms with Crippen LogP contribution in [0.3, 0.4) is 0 Å². The number of hydrogen-bond donors (Lipinski definition) is 0. The number of hydrogen-bond acceptors (Lipinski definition) is 5. The Hall–Kier alpha value is -1.63. The van der Waals surface area contributed by atoms with Crippen molar-refractivity contribution in [2.24, 2.45) is 0 Å². The molecule has 0 N–H and O–H groups in total. The summed E-state index contributed by atoms with van der Waals surface area (Å²) in [4.78, 5) is 19.3. The normalized spacial score (nSPS) is 16.0. The molecule has 0 amide bonds. The van der Waals surface area contributed by atoms with E-state index in [0.29, 0.717) is 13.2 Å². The van der Waals surface area contributed by atoms with Gasteiger partial charge in [0.05, 0.1) is 23.8 Å². The molecule has 0 bridgehead atoms. The molecule has 0 fully saturated rings. The van der Waals surface area contributed by atoms with Crippen LogP contribution in [0.2, 0.25) is 0 Å². The second-order valence-corrected chi connectivity index (χ2v) is 9.45. The third-order valence-electron chi connectivity index (χ3n) is 4.62. The van der Waals surface area contributed by atoms with Gasteiger partial charge in [-0.15, -0.1) is 23.1 Å². The van der Waals surface area contributed by atoms with E-state index in [-0.39, 0.29) is 11.3 Å². The van der Waals surface area contributed by atoms with Gasteiger partial charge in [0, 0.05) is 16.7 Å². The van der Waals surface area contributed by atoms with E-state index in [2.05, 4.69) is 37.9 Å². The zero-order valence-corrected chi connectivity index (χ0v) is 16.9. The van der Waals surface area contributed by atoms with Crippen LogP contribution in [0.1, 0.15) is 36.8 Å². The van der Waals surface area contributed by atoms with E-state index in [1.165, 1.54) is 10.4 Å². The van der Waals surface area contributed by atoms with Crippen molar-refractivity contribution in [2.45, 2.75) is 51.0 Å². The van der Waals surface area contributed by atoms with Gasteiger partial charge in [0.15, 0.2) is 0 Å². The highest BCUT2D eigenvalue weighted by atomic mass is 32.2. The first kappa shape index (κ1) is 17.8. The molecular weight excluding hydrogens is 364 g/mol. The summed E-state index contributed by atoms with van der Waals surface area (Å²) in [7, 11) is 0. The molecule has 0 radical (unpaired) electrons. The van der Waals surface area contributed by atoms with Crippen LogP contribution in [-0.2, 0) is 24.3 Å². The molecule has 4 nitrogen and oxygen atoms in total. The molecule has 4 rings (SSSR count). The van der Waals surface area contributed by atoms with Crippen molar-refractivity contribution in [1.82, 2.24) is 9.55 Å². The molecule has 0 aliphatic carbocycles. The van der Waals surface area contributed by atoms with Gasteiger partial charge in [-0.3, -0.25) is 4.57 Å². The van der Waals surface area contributed by atoms with E-state index in [9.17, 15) is 4.79 Å². The van der Waals surface area contributed by atoms with Gasteiger partial charge in [-0.1, -0.05) is 37.3 Å². The molecule has 0 unspecified atom stereocenters. The lowest BCUT2D eigenvalue weighted by atomic mass is 9.94. The number of aromatic nitrogens is 2. The van der Waals surface area contributed by atoms with Gasteiger partial charge in [-0.2, -0.15) is 4.98 Å². The number of benzene rings is 1. The second-order valence-electron chi connectivity index (χ2n) is 7.11. The molecule has 136 valence electrons. The number of thiophene rings is 1. The quantitative estimate of drug-likeness (QED) is 0.490. The van der Waals surface area contributed by atoms with Crippen LogP contribution in [0, 0.1) is 0 Å². The largest absolute Gasteiger partial charge is 0.370 e. The van der Waals surface area contributed by atoms with Crippen LogP contribution in [0.25, 0.3) is 10.2 Å². The van der Waals surface area contributed by atoms with E-state index < -0.39 is 0 Å². The highest BCUT2D eigenvalue weighted by Crippen LogP contribution is 2.41. The van der Waals surface area contributed by atoms with Gasteiger partial charge in [0.1, 0.15) is 4.83 Å². The van der Waals surface area contributed by atoms with Gasteiger partial charge in [-0.05, 0) is 30.7 Å². The SMILES string of the molecule is CCSc1c2c3c(sc2nc(=O)n1Cc1ccccc1)COC(C)(C)C3. The van der Waals surface area contributed by atoms with E-state index in [1.54, 1.807) is 23.1 Å². The zero-order chi connectivity index (χ0) is 18.3. The predicted molar refractivity (Wildman–Crippen MR) is 108 cm³/mol. The minimum atomic E-state index is -0.185. The molecule has 1 aliphatic rings. The fraction of sp³-hybridized carbons (Fsp3) is 0.400. The van der Waals surface area contributed by atoms with Gasteiger partial charge in [-0.25, -0.2) is 4.79 Å². The topological polar surface area (TPSA) is 44.1 Å². The summed E-state index contributed by atoms with van der Waals surface area (Å²) in [6.45, 7) is 7.53. The maximum absolute atomic E-state index is 12.8. The van der Waals surface area contributed by atoms with Crippen molar-refractivity contribution >= 4 is 33.3 Å². The Labute approximate surface area is 161 Å². The molecule has 6 heteroatoms. The number of thioether (sulfide) groups is 1. The Kier molecular flexibility index (Phi) is 4.67. The van der Waals surface area contributed by atoms with Crippen molar-refractivity contribution in [3.63, 3.8) is 0 Å². The second kappa shape index (κ2) is 6.83. The molecule has 1 aromatic carbocycles. The van der Waals surface area contributed by atoms with Crippen LogP contribution in [0.4, 0.5) is 0 Å². The molecule has 26 heavy (non-hydrogen) atoms. The first-order chi connectivity index (χ1) is 12.5. The minimum absolute atomic E-state index is 0.170. The number of nitrogens with zero attached hydrogens (tertiary/aromatic N) is 2. The predicted octanol–water partition coefficient (Wildman–Crippen LogP) is 4.47. The summed E-state index contributed by atoms with van der Waals surface area (Å²) in [6, 6.07) is 10.1. The van der Waals surface area contributed by atoms with Gasteiger partial charge in [0.25, 0.3) is 0 Å². The van der Waals surface area contributed by atoms with E-state index in [0.717, 1.165) is 33.0 Å². The average Bonchev–Trinajstić information content (AvgIpc) is 2.95. The van der Waals surface area contributed by atoms with Gasteiger partial charge < -0.3 is 4.74 Å². The maximum atomic E-state index is 12.8. The molecule has 3 heterocycles. The van der Waals surface area contributed by atoms with Crippen LogP contribution in [0.5, 0.6) is 0 Å². The Bertz CT molecular complexity index is 1010. The first-order valence-electron chi connectivity index (χ1n) is 8.84. The standard InChI is InChI=1S/C20H22N2O2S2/c1-4-25-18-16-14-10-20(2,3)24-12-15(14)26-17(16)21-19(23)22(18)11-13-8-6-5-7-9-13/h5-9H,4,10-12H2,1-3H3. The monoisotopic (exact) mass is 386 g/mol. The van der Waals surface area contributed by atoms with Crippen molar-refractivity contribution in [2.75, 3.05) is 5.75 Å². The summed E-state index contributed by atoms with van der Waals surface area (Å²) in [5, 5.41) is 2.20. The molecule has 1 aliphatic heterocycles. The van der Waals surface area contributed by atoms with Crippen LogP contribution in [-0.4, -0.2) is 20.9 Å². The van der Waals surface area contributed by atoms with Crippen molar-refractivity contribution in [1.29, 1.82) is 0 Å². The fourth-order valence-electron chi connectivity index (χ4n) is 3.40. The summed E-state index contributed by atoms with van der Waals surface area (Å²) in [5.41, 5.74) is 2.07. The lowest BCUT2D eigenvalue weighted by molar-refractivity contribution is -0.0379. The molecule has 0 saturated carbocycles. The molecule has 0 spiro atoms. The molecular formula is C20H22N2O2S2. The van der Waals surface area contributed by atoms with Crippen LogP contribution >= 0.6 is 23.1 Å². The van der Waals surface area contributed by atoms with Crippen molar-refractivity contribution in [3.05, 3.63) is 56.8 Å². The Balaban J connectivity index is 1.93. The summed E-state index contributed by atoms with van der Waals surface area (Å²) in [6.07, 6.45) is 0.852. The Morgan fingerprint density at radius 2 is 2.08 bits per heavy atom. The molecule has 0 atom stereocenters. The highest BCUT2D eigenvalue weighted by Gasteiger charge is 2.31. The summed E-state index contributed by atoms with van der Waals surface area (Å²) in [5.74, 6) is 0.915. The number of fused-ring (bicyclic) bond motifs is 3. The van der Waals surface area contributed by atoms with E-state index >= 15 is 0 Å². The lowest BCUT2D eigenvalue weighted by Gasteiger charge is -2.30. The van der Waals surface area contributed by atoms with Crippen molar-refractivity contribution < 1.29 is 4.74 Å². The smallest absolute Gasteiger partial charge is 0.350 e. The average molecular weight is 387 g/mol. The lowest BCUT2D eigenvalue weighted by Crippen LogP contribution is -2.31. The van der Waals surface area contributed by atoms with Crippen molar-refractivity contribution in [3.8, 4) is 0 Å². The van der Waals surface area contributed by atoms with E-state index in [4.69, 9.17) is 4.74 Å². The summed E-state index contributed by atoms with van der Waals surface area (Å²) >= 11 is 3.34. The molecule has 3 aromatic rings. The molecule has 2 aromatic heterocycles. The molecule has 0 saturated heterocycles. The first-order valence-corrected chi connectivity index (χ1v) is 10.6. The number of rotatable bonds is 4. The van der Waals surface area contributed by atoms with Gasteiger partial charge in [0.2, 0.25) is 0 Å². The Morgan fingerprint density at radius 3 is 2.81 bits per heavy atom. The number of ether oxygens (including phenoxy) is 1. The van der Waals surface area contributed by atoms with E-state index in [1.807, 2.05) is 22.8 Å². The zero-order valence-electron chi connectivity index (χ0n) is 15.2. The highest BCUT2D eigenvalue weighted by molar-refractivity contribution is 7.99. The third kappa shape index (κ3) is 3.21. The fourth-order valence-corrected chi connectivity index (χ4v) is 5.49. The minimum Gasteiger partial charge on any atom is -0.370 e. The van der Waals surface area contributed by atoms with Crippen LogP contribution in [0.15, 0.2) is 40.2 Å². The van der Waals surface area contributed by atoms with Gasteiger partial charge >= 0.3 is 5.69 Å². The Morgan fingerprint density at radius 1 is 1.31 bits per heavy atom. The third-order valence-corrected chi connectivity index (χ3v) is 6.71.